The van der Waals surface area contributed by atoms with Crippen LogP contribution in [0.2, 0.25) is 0 Å². The van der Waals surface area contributed by atoms with Gasteiger partial charge in [0.1, 0.15) is 0 Å². The minimum atomic E-state index is 0.247. The van der Waals surface area contributed by atoms with Crippen molar-refractivity contribution < 1.29 is 0 Å². The van der Waals surface area contributed by atoms with E-state index in [0.29, 0.717) is 5.54 Å². The molecule has 0 bridgehead atoms. The molecule has 0 aromatic rings. The van der Waals surface area contributed by atoms with E-state index in [2.05, 4.69) is 30.9 Å². The molecule has 2 heteroatoms. The second-order valence-corrected chi connectivity index (χ2v) is 3.87. The summed E-state index contributed by atoms with van der Waals surface area (Å²) >= 11 is 0. The first kappa shape index (κ1) is 7.29. The highest BCUT2D eigenvalue weighted by molar-refractivity contribution is 5.33. The van der Waals surface area contributed by atoms with E-state index in [1.54, 1.807) is 0 Å². The summed E-state index contributed by atoms with van der Waals surface area (Å²) < 4.78 is 0. The molecule has 2 rings (SSSR count). The molecule has 0 saturated heterocycles. The van der Waals surface area contributed by atoms with Crippen molar-refractivity contribution in [2.24, 2.45) is 16.8 Å². The normalized spacial score (nSPS) is 47.8. The van der Waals surface area contributed by atoms with Crippen molar-refractivity contribution in [3.63, 3.8) is 0 Å². The van der Waals surface area contributed by atoms with E-state index in [-0.39, 0.29) is 6.17 Å². The van der Waals surface area contributed by atoms with Crippen molar-refractivity contribution in [1.29, 1.82) is 0 Å². The monoisotopic (exact) mass is 152 g/mol. The summed E-state index contributed by atoms with van der Waals surface area (Å²) in [5.41, 5.74) is 0.523. The second kappa shape index (κ2) is 2.07. The van der Waals surface area contributed by atoms with Gasteiger partial charge < -0.3 is 0 Å². The zero-order chi connectivity index (χ0) is 8.06. The molecule has 4 atom stereocenters. The SMILES string of the molecule is C=NC(C)NC12CC1C2CC. The average Bonchev–Trinajstić information content (AvgIpc) is 2.78. The molecule has 0 spiro atoms. The first-order valence-electron chi connectivity index (χ1n) is 4.48. The van der Waals surface area contributed by atoms with Crippen LogP contribution in [-0.2, 0) is 0 Å². The quantitative estimate of drug-likeness (QED) is 0.605. The lowest BCUT2D eigenvalue weighted by Gasteiger charge is -2.14. The number of fused-ring (bicyclic) bond motifs is 1. The van der Waals surface area contributed by atoms with Gasteiger partial charge in [0.15, 0.2) is 0 Å². The summed E-state index contributed by atoms with van der Waals surface area (Å²) in [7, 11) is 0. The fourth-order valence-electron chi connectivity index (χ4n) is 2.40. The van der Waals surface area contributed by atoms with Gasteiger partial charge in [-0.05, 0) is 31.9 Å². The van der Waals surface area contributed by atoms with Crippen molar-refractivity contribution in [3.8, 4) is 0 Å². The van der Waals surface area contributed by atoms with E-state index in [4.69, 9.17) is 0 Å². The summed E-state index contributed by atoms with van der Waals surface area (Å²) in [6.45, 7) is 7.87. The highest BCUT2D eigenvalue weighted by Crippen LogP contribution is 2.73. The zero-order valence-electron chi connectivity index (χ0n) is 7.30. The molecule has 0 amide bonds. The average molecular weight is 152 g/mol. The third kappa shape index (κ3) is 0.853. The number of hydrogen-bond acceptors (Lipinski definition) is 2. The predicted octanol–water partition coefficient (Wildman–Crippen LogP) is 1.42. The van der Waals surface area contributed by atoms with Crippen molar-refractivity contribution in [1.82, 2.24) is 5.32 Å². The summed E-state index contributed by atoms with van der Waals surface area (Å²) in [6, 6.07) is 0. The molecular weight excluding hydrogens is 136 g/mol. The topological polar surface area (TPSA) is 24.4 Å². The number of hydrogen-bond donors (Lipinski definition) is 1. The molecule has 2 aliphatic rings. The third-order valence-electron chi connectivity index (χ3n) is 3.29. The Labute approximate surface area is 68.1 Å². The molecule has 2 saturated carbocycles. The van der Waals surface area contributed by atoms with E-state index < -0.39 is 0 Å². The van der Waals surface area contributed by atoms with Crippen LogP contribution < -0.4 is 5.32 Å². The standard InChI is InChI=1S/C9H16N2/c1-4-7-8-5-9(7,8)11-6(2)10-3/h6-8,11H,3-5H2,1-2H3. The lowest BCUT2D eigenvalue weighted by Crippen LogP contribution is -2.33. The van der Waals surface area contributed by atoms with Crippen LogP contribution in [0.1, 0.15) is 26.7 Å². The maximum absolute atomic E-state index is 3.95. The summed E-state index contributed by atoms with van der Waals surface area (Å²) in [6.07, 6.45) is 2.95. The number of aliphatic imine (C=N–C) groups is 1. The zero-order valence-corrected chi connectivity index (χ0v) is 7.30. The summed E-state index contributed by atoms with van der Waals surface area (Å²) in [4.78, 5) is 3.95. The van der Waals surface area contributed by atoms with Crippen LogP contribution in [0.15, 0.2) is 4.99 Å². The molecule has 4 unspecified atom stereocenters. The fraction of sp³-hybridized carbons (Fsp3) is 0.889. The van der Waals surface area contributed by atoms with E-state index in [9.17, 15) is 0 Å². The minimum absolute atomic E-state index is 0.247. The van der Waals surface area contributed by atoms with Gasteiger partial charge in [0.2, 0.25) is 0 Å². The van der Waals surface area contributed by atoms with Gasteiger partial charge in [-0.15, -0.1) is 0 Å². The van der Waals surface area contributed by atoms with E-state index in [1.807, 2.05) is 0 Å². The van der Waals surface area contributed by atoms with Gasteiger partial charge in [-0.3, -0.25) is 10.3 Å². The lowest BCUT2D eigenvalue weighted by atomic mass is 10.1. The molecule has 62 valence electrons. The number of nitrogens with zero attached hydrogens (tertiary/aromatic N) is 1. The first-order valence-corrected chi connectivity index (χ1v) is 4.48. The van der Waals surface area contributed by atoms with Crippen LogP contribution in [0.5, 0.6) is 0 Å². The minimum Gasteiger partial charge on any atom is -0.290 e. The molecule has 0 aromatic heterocycles. The van der Waals surface area contributed by atoms with Crippen molar-refractivity contribution in [2.75, 3.05) is 0 Å². The van der Waals surface area contributed by atoms with Crippen LogP contribution in [0.4, 0.5) is 0 Å². The van der Waals surface area contributed by atoms with Gasteiger partial charge in [0, 0.05) is 5.54 Å². The maximum atomic E-state index is 3.95. The van der Waals surface area contributed by atoms with E-state index in [0.717, 1.165) is 11.8 Å². The molecule has 11 heavy (non-hydrogen) atoms. The van der Waals surface area contributed by atoms with Crippen LogP contribution >= 0.6 is 0 Å². The molecule has 0 aliphatic heterocycles. The Bertz CT molecular complexity index is 190. The Balaban J connectivity index is 1.85. The van der Waals surface area contributed by atoms with Crippen LogP contribution in [0, 0.1) is 11.8 Å². The van der Waals surface area contributed by atoms with Crippen LogP contribution in [0.25, 0.3) is 0 Å². The van der Waals surface area contributed by atoms with Crippen molar-refractivity contribution >= 4 is 6.72 Å². The maximum Gasteiger partial charge on any atom is 0.0962 e. The lowest BCUT2D eigenvalue weighted by molar-refractivity contribution is 0.432. The molecule has 2 nitrogen and oxygen atoms in total. The van der Waals surface area contributed by atoms with Gasteiger partial charge in [-0.2, -0.15) is 0 Å². The van der Waals surface area contributed by atoms with Gasteiger partial charge in [0.25, 0.3) is 0 Å². The second-order valence-electron chi connectivity index (χ2n) is 3.87. The van der Waals surface area contributed by atoms with E-state index >= 15 is 0 Å². The predicted molar refractivity (Wildman–Crippen MR) is 46.8 cm³/mol. The Kier molecular flexibility index (Phi) is 1.37. The molecule has 0 radical (unpaired) electrons. The molecule has 2 aliphatic carbocycles. The highest BCUT2D eigenvalue weighted by Gasteiger charge is 2.77. The highest BCUT2D eigenvalue weighted by atomic mass is 15.2. The Morgan fingerprint density at radius 1 is 1.82 bits per heavy atom. The van der Waals surface area contributed by atoms with Crippen molar-refractivity contribution in [2.45, 2.75) is 38.4 Å². The first-order chi connectivity index (χ1) is 5.24. The van der Waals surface area contributed by atoms with Crippen LogP contribution in [-0.4, -0.2) is 18.4 Å². The number of nitrogens with one attached hydrogen (secondary N) is 1. The van der Waals surface area contributed by atoms with Gasteiger partial charge in [-0.25, -0.2) is 0 Å². The Hall–Kier alpha value is -0.370. The third-order valence-corrected chi connectivity index (χ3v) is 3.29. The Morgan fingerprint density at radius 2 is 2.55 bits per heavy atom. The molecule has 0 aromatic carbocycles. The van der Waals surface area contributed by atoms with Crippen molar-refractivity contribution in [3.05, 3.63) is 0 Å². The molecule has 1 N–H and O–H groups in total. The molecule has 2 fully saturated rings. The number of rotatable bonds is 4. The van der Waals surface area contributed by atoms with Gasteiger partial charge in [0.05, 0.1) is 6.17 Å². The smallest absolute Gasteiger partial charge is 0.0962 e. The fourth-order valence-corrected chi connectivity index (χ4v) is 2.40. The van der Waals surface area contributed by atoms with Crippen LogP contribution in [0.3, 0.4) is 0 Å². The summed E-state index contributed by atoms with van der Waals surface area (Å²) in [5.74, 6) is 1.93. The summed E-state index contributed by atoms with van der Waals surface area (Å²) in [5, 5.41) is 3.53. The van der Waals surface area contributed by atoms with Gasteiger partial charge in [-0.1, -0.05) is 13.3 Å². The largest absolute Gasteiger partial charge is 0.290 e. The Morgan fingerprint density at radius 3 is 2.91 bits per heavy atom. The van der Waals surface area contributed by atoms with Gasteiger partial charge >= 0.3 is 0 Å². The molecule has 0 heterocycles. The molecular formula is C9H16N2. The van der Waals surface area contributed by atoms with E-state index in [1.165, 1.54) is 12.8 Å².